The number of ether oxygens (including phenoxy) is 1. The van der Waals surface area contributed by atoms with Crippen molar-refractivity contribution in [2.45, 2.75) is 76.8 Å². The molecular formula is C15H30O2Si. The van der Waals surface area contributed by atoms with Crippen LogP contribution in [0.1, 0.15) is 46.5 Å². The fraction of sp³-hybridized carbons (Fsp3) is 0.867. The molecule has 0 aromatic carbocycles. The van der Waals surface area contributed by atoms with Gasteiger partial charge in [0.1, 0.15) is 0 Å². The van der Waals surface area contributed by atoms with E-state index in [1.165, 1.54) is 12.8 Å². The molecule has 1 aliphatic rings. The van der Waals surface area contributed by atoms with E-state index in [-0.39, 0.29) is 11.1 Å². The highest BCUT2D eigenvalue weighted by atomic mass is 28.4. The predicted molar refractivity (Wildman–Crippen MR) is 80.5 cm³/mol. The summed E-state index contributed by atoms with van der Waals surface area (Å²) in [5, 5.41) is 0.271. The monoisotopic (exact) mass is 270 g/mol. The van der Waals surface area contributed by atoms with Crippen LogP contribution >= 0.6 is 0 Å². The highest BCUT2D eigenvalue weighted by molar-refractivity contribution is 6.74. The van der Waals surface area contributed by atoms with Crippen molar-refractivity contribution in [3.63, 3.8) is 0 Å². The quantitative estimate of drug-likeness (QED) is 0.540. The normalized spacial score (nSPS) is 26.1. The lowest BCUT2D eigenvalue weighted by molar-refractivity contribution is -0.0425. The molecule has 1 fully saturated rings. The lowest BCUT2D eigenvalue weighted by Gasteiger charge is -2.42. The van der Waals surface area contributed by atoms with Gasteiger partial charge in [0.05, 0.1) is 18.8 Å². The SMILES string of the molecule is C=CCO[C@@H]1CCCC[C@H]1O[Si](C)(C)C(C)(C)C. The summed E-state index contributed by atoms with van der Waals surface area (Å²) in [6, 6.07) is 0. The Bertz CT molecular complexity index is 268. The first-order valence-corrected chi connectivity index (χ1v) is 10.1. The molecule has 0 aromatic rings. The smallest absolute Gasteiger partial charge is 0.192 e. The highest BCUT2D eigenvalue weighted by Gasteiger charge is 2.41. The van der Waals surface area contributed by atoms with Gasteiger partial charge in [-0.1, -0.05) is 39.7 Å². The Morgan fingerprint density at radius 2 is 1.72 bits per heavy atom. The fourth-order valence-electron chi connectivity index (χ4n) is 2.14. The number of hydrogen-bond donors (Lipinski definition) is 0. The lowest BCUT2D eigenvalue weighted by Crippen LogP contribution is -2.48. The zero-order chi connectivity index (χ0) is 13.8. The van der Waals surface area contributed by atoms with Crippen LogP contribution in [0.2, 0.25) is 18.1 Å². The van der Waals surface area contributed by atoms with E-state index in [2.05, 4.69) is 40.4 Å². The Balaban J connectivity index is 2.64. The molecule has 2 atom stereocenters. The Morgan fingerprint density at radius 1 is 1.17 bits per heavy atom. The van der Waals surface area contributed by atoms with Crippen LogP contribution in [0.5, 0.6) is 0 Å². The van der Waals surface area contributed by atoms with E-state index in [0.717, 1.165) is 12.8 Å². The van der Waals surface area contributed by atoms with Crippen molar-refractivity contribution in [2.24, 2.45) is 0 Å². The molecule has 0 aliphatic heterocycles. The third-order valence-corrected chi connectivity index (χ3v) is 8.83. The van der Waals surface area contributed by atoms with E-state index in [4.69, 9.17) is 9.16 Å². The van der Waals surface area contributed by atoms with Gasteiger partial charge in [0.2, 0.25) is 0 Å². The van der Waals surface area contributed by atoms with Gasteiger partial charge in [-0.05, 0) is 31.0 Å². The van der Waals surface area contributed by atoms with Crippen molar-refractivity contribution < 1.29 is 9.16 Å². The zero-order valence-electron chi connectivity index (χ0n) is 12.8. The molecule has 0 aromatic heterocycles. The molecule has 0 spiro atoms. The molecule has 1 aliphatic carbocycles. The largest absolute Gasteiger partial charge is 0.411 e. The van der Waals surface area contributed by atoms with Crippen LogP contribution in [0.15, 0.2) is 12.7 Å². The molecule has 106 valence electrons. The summed E-state index contributed by atoms with van der Waals surface area (Å²) in [6.45, 7) is 15.9. The minimum atomic E-state index is -1.68. The average Bonchev–Trinajstić information content (AvgIpc) is 2.26. The molecule has 0 unspecified atom stereocenters. The Labute approximate surface area is 114 Å². The summed E-state index contributed by atoms with van der Waals surface area (Å²) < 4.78 is 12.4. The zero-order valence-corrected chi connectivity index (χ0v) is 13.8. The van der Waals surface area contributed by atoms with E-state index in [1.54, 1.807) is 0 Å². The molecule has 0 amide bonds. The first-order chi connectivity index (χ1) is 8.28. The van der Waals surface area contributed by atoms with E-state index in [0.29, 0.717) is 12.7 Å². The van der Waals surface area contributed by atoms with Gasteiger partial charge < -0.3 is 9.16 Å². The molecule has 0 radical (unpaired) electrons. The molecule has 0 saturated heterocycles. The van der Waals surface area contributed by atoms with Gasteiger partial charge in [0.15, 0.2) is 8.32 Å². The minimum Gasteiger partial charge on any atom is -0.411 e. The standard InChI is InChI=1S/C15H30O2Si/c1-7-12-16-13-10-8-9-11-14(13)17-18(5,6)15(2,3)4/h7,13-14H,1,8-12H2,2-6H3/t13-,14-/m1/s1. The predicted octanol–water partition coefficient (Wildman–Crippen LogP) is 4.52. The summed E-state index contributed by atoms with van der Waals surface area (Å²) in [6.07, 6.45) is 7.21. The second-order valence-electron chi connectivity index (χ2n) is 6.86. The van der Waals surface area contributed by atoms with Crippen LogP contribution in [0.3, 0.4) is 0 Å². The molecule has 1 saturated carbocycles. The summed E-state index contributed by atoms with van der Waals surface area (Å²) in [5.74, 6) is 0. The van der Waals surface area contributed by atoms with Crippen LogP contribution in [0, 0.1) is 0 Å². The van der Waals surface area contributed by atoms with Crippen molar-refractivity contribution in [3.8, 4) is 0 Å². The molecular weight excluding hydrogens is 240 g/mol. The van der Waals surface area contributed by atoms with Gasteiger partial charge in [0, 0.05) is 0 Å². The van der Waals surface area contributed by atoms with Crippen molar-refractivity contribution in [2.75, 3.05) is 6.61 Å². The van der Waals surface area contributed by atoms with Crippen LogP contribution in [0.4, 0.5) is 0 Å². The highest BCUT2D eigenvalue weighted by Crippen LogP contribution is 2.39. The van der Waals surface area contributed by atoms with Crippen LogP contribution in [-0.2, 0) is 9.16 Å². The maximum absolute atomic E-state index is 6.53. The van der Waals surface area contributed by atoms with Gasteiger partial charge in [-0.15, -0.1) is 6.58 Å². The van der Waals surface area contributed by atoms with Crippen LogP contribution in [0.25, 0.3) is 0 Å². The molecule has 0 bridgehead atoms. The van der Waals surface area contributed by atoms with Crippen LogP contribution in [-0.4, -0.2) is 27.1 Å². The summed E-state index contributed by atoms with van der Waals surface area (Å²) in [4.78, 5) is 0. The van der Waals surface area contributed by atoms with E-state index in [9.17, 15) is 0 Å². The topological polar surface area (TPSA) is 18.5 Å². The molecule has 0 heterocycles. The van der Waals surface area contributed by atoms with Crippen LogP contribution < -0.4 is 0 Å². The van der Waals surface area contributed by atoms with Gasteiger partial charge in [0.25, 0.3) is 0 Å². The molecule has 3 heteroatoms. The van der Waals surface area contributed by atoms with Gasteiger partial charge in [-0.25, -0.2) is 0 Å². The summed E-state index contributed by atoms with van der Waals surface area (Å²) in [5.41, 5.74) is 0. The van der Waals surface area contributed by atoms with E-state index < -0.39 is 8.32 Å². The van der Waals surface area contributed by atoms with Crippen molar-refractivity contribution in [1.82, 2.24) is 0 Å². The fourth-order valence-corrected chi connectivity index (χ4v) is 3.52. The lowest BCUT2D eigenvalue weighted by atomic mass is 9.95. The Kier molecular flexibility index (Phi) is 5.62. The van der Waals surface area contributed by atoms with Gasteiger partial charge in [-0.3, -0.25) is 0 Å². The number of rotatable bonds is 5. The maximum atomic E-state index is 6.53. The Hall–Kier alpha value is -0.123. The van der Waals surface area contributed by atoms with E-state index in [1.807, 2.05) is 6.08 Å². The molecule has 18 heavy (non-hydrogen) atoms. The maximum Gasteiger partial charge on any atom is 0.192 e. The third-order valence-electron chi connectivity index (χ3n) is 4.32. The van der Waals surface area contributed by atoms with Crippen molar-refractivity contribution >= 4 is 8.32 Å². The van der Waals surface area contributed by atoms with Crippen molar-refractivity contribution in [1.29, 1.82) is 0 Å². The van der Waals surface area contributed by atoms with Gasteiger partial charge in [-0.2, -0.15) is 0 Å². The first-order valence-electron chi connectivity index (χ1n) is 7.18. The van der Waals surface area contributed by atoms with Gasteiger partial charge >= 0.3 is 0 Å². The Morgan fingerprint density at radius 3 is 2.22 bits per heavy atom. The molecule has 1 rings (SSSR count). The summed E-state index contributed by atoms with van der Waals surface area (Å²) in [7, 11) is -1.68. The summed E-state index contributed by atoms with van der Waals surface area (Å²) >= 11 is 0. The molecule has 0 N–H and O–H groups in total. The second kappa shape index (κ2) is 6.35. The van der Waals surface area contributed by atoms with E-state index >= 15 is 0 Å². The minimum absolute atomic E-state index is 0.269. The van der Waals surface area contributed by atoms with Crippen molar-refractivity contribution in [3.05, 3.63) is 12.7 Å². The third kappa shape index (κ3) is 4.21. The average molecular weight is 270 g/mol. The molecule has 2 nitrogen and oxygen atoms in total. The first kappa shape index (κ1) is 15.9. The number of hydrogen-bond acceptors (Lipinski definition) is 2. The second-order valence-corrected chi connectivity index (χ2v) is 11.6.